The molecule has 1 aliphatic heterocycles. The lowest BCUT2D eigenvalue weighted by Gasteiger charge is -2.33. The molecule has 1 unspecified atom stereocenters. The minimum absolute atomic E-state index is 0.0763. The Morgan fingerprint density at radius 3 is 2.71 bits per heavy atom. The summed E-state index contributed by atoms with van der Waals surface area (Å²) in [6.45, 7) is 5.49. The van der Waals surface area contributed by atoms with Crippen molar-refractivity contribution in [1.82, 2.24) is 4.57 Å². The van der Waals surface area contributed by atoms with E-state index in [0.29, 0.717) is 0 Å². The van der Waals surface area contributed by atoms with Crippen LogP contribution in [0, 0.1) is 12.3 Å². The van der Waals surface area contributed by atoms with Gasteiger partial charge in [-0.3, -0.25) is 4.79 Å². The van der Waals surface area contributed by atoms with Crippen LogP contribution in [0.2, 0.25) is 19.1 Å². The van der Waals surface area contributed by atoms with Crippen molar-refractivity contribution in [2.45, 2.75) is 38.0 Å². The molecule has 1 saturated heterocycles. The molecule has 4 heteroatoms. The predicted molar refractivity (Wildman–Crippen MR) is 58.5 cm³/mol. The fraction of sp³-hybridized carbons (Fsp3) is 0.700. The van der Waals surface area contributed by atoms with E-state index >= 15 is 0 Å². The molecule has 1 fully saturated rings. The van der Waals surface area contributed by atoms with Gasteiger partial charge in [0.1, 0.15) is 8.24 Å². The van der Waals surface area contributed by atoms with Gasteiger partial charge in [0.2, 0.25) is 0 Å². The van der Waals surface area contributed by atoms with Crippen LogP contribution in [0.3, 0.4) is 0 Å². The summed E-state index contributed by atoms with van der Waals surface area (Å²) in [5, 5.41) is 8.74. The molecule has 0 spiro atoms. The Morgan fingerprint density at radius 2 is 2.36 bits per heavy atom. The van der Waals surface area contributed by atoms with Crippen molar-refractivity contribution in [1.29, 1.82) is 0 Å². The lowest BCUT2D eigenvalue weighted by Crippen LogP contribution is -2.49. The largest absolute Gasteiger partial charge is 0.481 e. The van der Waals surface area contributed by atoms with E-state index in [1.165, 1.54) is 6.04 Å². The maximum atomic E-state index is 10.6. The average molecular weight is 211 g/mol. The van der Waals surface area contributed by atoms with Crippen LogP contribution >= 0.6 is 0 Å². The molecule has 1 N–H and O–H groups in total. The van der Waals surface area contributed by atoms with Gasteiger partial charge in [0.25, 0.3) is 0 Å². The summed E-state index contributed by atoms with van der Waals surface area (Å²) in [6, 6.07) is 1.03. The first kappa shape index (κ1) is 11.3. The summed E-state index contributed by atoms with van der Waals surface area (Å²) in [7, 11) is -1.39. The van der Waals surface area contributed by atoms with Gasteiger partial charge in [-0.2, -0.15) is 0 Å². The Labute approximate surface area is 86.2 Å². The van der Waals surface area contributed by atoms with Crippen molar-refractivity contribution in [2.24, 2.45) is 0 Å². The highest BCUT2D eigenvalue weighted by atomic mass is 28.3. The van der Waals surface area contributed by atoms with Crippen molar-refractivity contribution in [2.75, 3.05) is 6.54 Å². The normalized spacial score (nSPS) is 22.9. The minimum atomic E-state index is -1.39. The molecule has 0 radical (unpaired) electrons. The van der Waals surface area contributed by atoms with Crippen molar-refractivity contribution in [3.8, 4) is 12.3 Å². The molecule has 0 amide bonds. The molecule has 0 aliphatic carbocycles. The molecule has 0 aromatic rings. The number of carbonyl (C=O) groups is 1. The second-order valence-corrected chi connectivity index (χ2v) is 9.09. The van der Waals surface area contributed by atoms with Crippen molar-refractivity contribution in [3.63, 3.8) is 0 Å². The van der Waals surface area contributed by atoms with E-state index in [0.717, 1.165) is 13.0 Å². The first-order valence-electron chi connectivity index (χ1n) is 4.92. The lowest BCUT2D eigenvalue weighted by atomic mass is 10.2. The van der Waals surface area contributed by atoms with Crippen LogP contribution in [-0.4, -0.2) is 36.5 Å². The number of hydrogen-bond acceptors (Lipinski definition) is 2. The molecule has 1 heterocycles. The number of rotatable bonds is 3. The summed E-state index contributed by atoms with van der Waals surface area (Å²) in [5.41, 5.74) is 0. The van der Waals surface area contributed by atoms with E-state index in [1.54, 1.807) is 0 Å². The Balaban J connectivity index is 2.70. The molecule has 78 valence electrons. The average Bonchev–Trinajstić information content (AvgIpc) is 2.41. The maximum absolute atomic E-state index is 10.6. The monoisotopic (exact) mass is 211 g/mol. The van der Waals surface area contributed by atoms with Crippen LogP contribution in [0.15, 0.2) is 0 Å². The van der Waals surface area contributed by atoms with Crippen molar-refractivity contribution >= 4 is 14.2 Å². The third-order valence-corrected chi connectivity index (χ3v) is 6.57. The molecule has 1 atom stereocenters. The van der Waals surface area contributed by atoms with Crippen LogP contribution in [0.5, 0.6) is 0 Å². The second kappa shape index (κ2) is 4.16. The van der Waals surface area contributed by atoms with Crippen molar-refractivity contribution < 1.29 is 9.90 Å². The van der Waals surface area contributed by atoms with Gasteiger partial charge in [-0.15, -0.1) is 6.42 Å². The van der Waals surface area contributed by atoms with Crippen LogP contribution < -0.4 is 0 Å². The van der Waals surface area contributed by atoms with Gasteiger partial charge in [-0.25, -0.2) is 0 Å². The first-order valence-corrected chi connectivity index (χ1v) is 8.07. The Kier molecular flexibility index (Phi) is 3.35. The van der Waals surface area contributed by atoms with Crippen molar-refractivity contribution in [3.05, 3.63) is 0 Å². The summed E-state index contributed by atoms with van der Waals surface area (Å²) >= 11 is 0. The zero-order valence-electron chi connectivity index (χ0n) is 8.79. The van der Waals surface area contributed by atoms with Crippen LogP contribution in [0.25, 0.3) is 0 Å². The number of nitrogens with zero attached hydrogens (tertiary/aromatic N) is 1. The predicted octanol–water partition coefficient (Wildman–Crippen LogP) is 1.37. The first-order chi connectivity index (χ1) is 6.47. The van der Waals surface area contributed by atoms with Gasteiger partial charge in [0.05, 0.1) is 12.5 Å². The van der Waals surface area contributed by atoms with Gasteiger partial charge < -0.3 is 9.67 Å². The Bertz CT molecular complexity index is 270. The van der Waals surface area contributed by atoms with Crippen LogP contribution in [0.4, 0.5) is 0 Å². The molecular weight excluding hydrogens is 194 g/mol. The summed E-state index contributed by atoms with van der Waals surface area (Å²) in [4.78, 5) is 10.6. The van der Waals surface area contributed by atoms with E-state index < -0.39 is 14.2 Å². The lowest BCUT2D eigenvalue weighted by molar-refractivity contribution is -0.137. The fourth-order valence-corrected chi connectivity index (χ4v) is 5.21. The Hall–Kier alpha value is -0.793. The van der Waals surface area contributed by atoms with E-state index in [2.05, 4.69) is 23.6 Å². The molecule has 3 nitrogen and oxygen atoms in total. The van der Waals surface area contributed by atoms with Gasteiger partial charge in [-0.05, 0) is 19.0 Å². The molecule has 0 saturated carbocycles. The molecular formula is C10H17NO2Si. The fourth-order valence-electron chi connectivity index (χ4n) is 2.13. The molecule has 1 rings (SSSR count). The number of carboxylic acids is 1. The van der Waals surface area contributed by atoms with Crippen LogP contribution in [-0.2, 0) is 4.79 Å². The van der Waals surface area contributed by atoms with E-state index in [9.17, 15) is 4.79 Å². The summed E-state index contributed by atoms with van der Waals surface area (Å²) in [6.07, 6.45) is 6.63. The van der Waals surface area contributed by atoms with E-state index in [4.69, 9.17) is 11.5 Å². The highest BCUT2D eigenvalue weighted by molar-refractivity contribution is 6.75. The van der Waals surface area contributed by atoms with E-state index in [1.807, 2.05) is 0 Å². The third kappa shape index (κ3) is 2.37. The smallest absolute Gasteiger partial charge is 0.305 e. The highest BCUT2D eigenvalue weighted by Gasteiger charge is 2.38. The van der Waals surface area contributed by atoms with Crippen LogP contribution in [0.1, 0.15) is 12.8 Å². The summed E-state index contributed by atoms with van der Waals surface area (Å²) in [5.74, 6) is 1.81. The third-order valence-electron chi connectivity index (χ3n) is 2.90. The minimum Gasteiger partial charge on any atom is -0.481 e. The molecule has 14 heavy (non-hydrogen) atoms. The zero-order chi connectivity index (χ0) is 10.8. The summed E-state index contributed by atoms with van der Waals surface area (Å²) < 4.78 is 2.26. The number of hydrogen-bond donors (Lipinski definition) is 1. The van der Waals surface area contributed by atoms with Gasteiger partial charge in [-0.1, -0.05) is 19.0 Å². The molecule has 0 aromatic heterocycles. The molecule has 0 bridgehead atoms. The zero-order valence-corrected chi connectivity index (χ0v) is 9.79. The second-order valence-electron chi connectivity index (χ2n) is 4.39. The van der Waals surface area contributed by atoms with Gasteiger partial charge in [0.15, 0.2) is 0 Å². The molecule has 0 aromatic carbocycles. The maximum Gasteiger partial charge on any atom is 0.305 e. The Morgan fingerprint density at radius 1 is 1.71 bits per heavy atom. The topological polar surface area (TPSA) is 40.5 Å². The molecule has 1 aliphatic rings. The number of terminal acetylenes is 1. The SMILES string of the molecule is C#CC(CC(=O)O)N1CCC[Si]1(C)C. The van der Waals surface area contributed by atoms with Gasteiger partial charge >= 0.3 is 5.97 Å². The number of aliphatic carboxylic acids is 1. The van der Waals surface area contributed by atoms with Gasteiger partial charge in [0, 0.05) is 0 Å². The standard InChI is InChI=1S/C10H17NO2Si/c1-4-9(8-10(12)13)11-6-5-7-14(11,2)3/h1,9H,5-8H2,2-3H3,(H,12,13). The quantitative estimate of drug-likeness (QED) is 0.566. The van der Waals surface area contributed by atoms with E-state index in [-0.39, 0.29) is 12.5 Å². The number of carboxylic acid groups (broad SMARTS) is 1. The highest BCUT2D eigenvalue weighted by Crippen LogP contribution is 2.28.